The Morgan fingerprint density at radius 1 is 0.381 bits per heavy atom. The van der Waals surface area contributed by atoms with Gasteiger partial charge in [0, 0.05) is 0 Å². The lowest BCUT2D eigenvalue weighted by Gasteiger charge is -2.34. The minimum atomic E-state index is -1.52. The second-order valence-electron chi connectivity index (χ2n) is 10.4. The van der Waals surface area contributed by atoms with Crippen molar-refractivity contribution in [3.05, 3.63) is 209 Å². The van der Waals surface area contributed by atoms with E-state index in [1.807, 2.05) is 170 Å². The van der Waals surface area contributed by atoms with Crippen molar-refractivity contribution in [2.45, 2.75) is 17.8 Å². The monoisotopic (exact) mass is 548 g/mol. The highest BCUT2D eigenvalue weighted by Crippen LogP contribution is 2.43. The summed E-state index contributed by atoms with van der Waals surface area (Å²) >= 11 is 0. The van der Waals surface area contributed by atoms with Crippen molar-refractivity contribution in [3.63, 3.8) is 0 Å². The highest BCUT2D eigenvalue weighted by Gasteiger charge is 2.39. The zero-order valence-corrected chi connectivity index (χ0v) is 23.2. The van der Waals surface area contributed by atoms with E-state index in [0.29, 0.717) is 45.7 Å². The van der Waals surface area contributed by atoms with Gasteiger partial charge in [-0.2, -0.15) is 0 Å². The molecule has 0 spiro atoms. The summed E-state index contributed by atoms with van der Waals surface area (Å²) in [6.07, 6.45) is 0. The Bertz CT molecular complexity index is 1530. The molecule has 6 aromatic carbocycles. The molecule has 0 fully saturated rings. The molecule has 0 bridgehead atoms. The van der Waals surface area contributed by atoms with Crippen molar-refractivity contribution in [2.24, 2.45) is 0 Å². The van der Waals surface area contributed by atoms with Gasteiger partial charge in [-0.25, -0.2) is 0 Å². The van der Waals surface area contributed by atoms with Crippen molar-refractivity contribution in [3.8, 4) is 5.75 Å². The van der Waals surface area contributed by atoms with Crippen LogP contribution < -0.4 is 4.74 Å². The minimum absolute atomic E-state index is 0.341. The van der Waals surface area contributed by atoms with Crippen LogP contribution in [0, 0.1) is 0 Å². The quantitative estimate of drug-likeness (QED) is 0.181. The van der Waals surface area contributed by atoms with E-state index in [1.54, 1.807) is 0 Å². The molecular formula is C39H32O3. The van der Waals surface area contributed by atoms with E-state index in [2.05, 4.69) is 0 Å². The van der Waals surface area contributed by atoms with Gasteiger partial charge in [0.15, 0.2) is 0 Å². The fraction of sp³-hybridized carbons (Fsp3) is 0.0769. The summed E-state index contributed by atoms with van der Waals surface area (Å²) in [5, 5.41) is 25.5. The molecule has 0 aromatic heterocycles. The van der Waals surface area contributed by atoms with Crippen molar-refractivity contribution in [2.75, 3.05) is 0 Å². The van der Waals surface area contributed by atoms with Crippen molar-refractivity contribution >= 4 is 0 Å². The molecule has 0 aliphatic rings. The second-order valence-corrected chi connectivity index (χ2v) is 10.4. The molecule has 206 valence electrons. The fourth-order valence-electron chi connectivity index (χ4n) is 5.56. The third-order valence-corrected chi connectivity index (χ3v) is 7.76. The van der Waals surface area contributed by atoms with Crippen LogP contribution in [-0.2, 0) is 17.8 Å². The summed E-state index contributed by atoms with van der Waals surface area (Å²) < 4.78 is 6.38. The van der Waals surface area contributed by atoms with Crippen LogP contribution >= 0.6 is 0 Å². The standard InChI is InChI=1S/C39H32O3/c40-38(31-18-8-2-9-19-31,32-20-10-3-11-21-32)35-26-36(28-37(27-35)42-29-30-16-6-1-7-17-30)39(41,33-22-12-4-13-23-33)34-24-14-5-15-25-34/h1-28,40-41H,29H2. The van der Waals surface area contributed by atoms with Gasteiger partial charge in [0.2, 0.25) is 0 Å². The smallest absolute Gasteiger partial charge is 0.140 e. The first-order chi connectivity index (χ1) is 20.6. The van der Waals surface area contributed by atoms with E-state index in [0.717, 1.165) is 5.56 Å². The summed E-state index contributed by atoms with van der Waals surface area (Å²) in [6, 6.07) is 54.1. The molecule has 0 aliphatic carbocycles. The van der Waals surface area contributed by atoms with Gasteiger partial charge in [-0.1, -0.05) is 152 Å². The molecule has 3 nitrogen and oxygen atoms in total. The number of hydrogen-bond acceptors (Lipinski definition) is 3. The van der Waals surface area contributed by atoms with E-state index < -0.39 is 11.2 Å². The molecule has 0 unspecified atom stereocenters. The molecule has 6 aromatic rings. The number of ether oxygens (including phenoxy) is 1. The van der Waals surface area contributed by atoms with Crippen LogP contribution in [0.15, 0.2) is 170 Å². The predicted molar refractivity (Wildman–Crippen MR) is 167 cm³/mol. The summed E-state index contributed by atoms with van der Waals surface area (Å²) in [5.74, 6) is 0.543. The molecule has 0 heterocycles. The fourth-order valence-corrected chi connectivity index (χ4v) is 5.56. The largest absolute Gasteiger partial charge is 0.489 e. The Balaban J connectivity index is 1.60. The third kappa shape index (κ3) is 5.24. The molecule has 0 radical (unpaired) electrons. The molecule has 0 saturated heterocycles. The Morgan fingerprint density at radius 3 is 1.02 bits per heavy atom. The zero-order chi connectivity index (χ0) is 28.8. The SMILES string of the molecule is OC(c1ccccc1)(c1ccccc1)c1cc(OCc2ccccc2)cc(C(O)(c2ccccc2)c2ccccc2)c1. The van der Waals surface area contributed by atoms with Crippen LogP contribution in [0.2, 0.25) is 0 Å². The molecule has 0 aliphatic heterocycles. The molecule has 0 saturated carbocycles. The first-order valence-corrected chi connectivity index (χ1v) is 14.1. The van der Waals surface area contributed by atoms with E-state index in [1.165, 1.54) is 0 Å². The first-order valence-electron chi connectivity index (χ1n) is 14.1. The zero-order valence-electron chi connectivity index (χ0n) is 23.2. The Hall–Kier alpha value is -4.96. The minimum Gasteiger partial charge on any atom is -0.489 e. The van der Waals surface area contributed by atoms with Crippen LogP contribution in [0.25, 0.3) is 0 Å². The number of benzene rings is 6. The number of hydrogen-bond donors (Lipinski definition) is 2. The van der Waals surface area contributed by atoms with Gasteiger partial charge in [-0.3, -0.25) is 0 Å². The van der Waals surface area contributed by atoms with Gasteiger partial charge in [0.1, 0.15) is 23.6 Å². The van der Waals surface area contributed by atoms with Crippen LogP contribution in [-0.4, -0.2) is 10.2 Å². The number of rotatable bonds is 9. The van der Waals surface area contributed by atoms with Crippen molar-refractivity contribution in [1.82, 2.24) is 0 Å². The normalized spacial score (nSPS) is 11.7. The van der Waals surface area contributed by atoms with E-state index in [9.17, 15) is 10.2 Å². The summed E-state index contributed by atoms with van der Waals surface area (Å²) in [7, 11) is 0. The first kappa shape index (κ1) is 27.2. The van der Waals surface area contributed by atoms with Crippen molar-refractivity contribution in [1.29, 1.82) is 0 Å². The molecule has 42 heavy (non-hydrogen) atoms. The third-order valence-electron chi connectivity index (χ3n) is 7.76. The average Bonchev–Trinajstić information content (AvgIpc) is 3.08. The Morgan fingerprint density at radius 2 is 0.690 bits per heavy atom. The highest BCUT2D eigenvalue weighted by atomic mass is 16.5. The Labute approximate surface area is 247 Å². The van der Waals surface area contributed by atoms with Gasteiger partial charge in [0.25, 0.3) is 0 Å². The number of aliphatic hydroxyl groups is 2. The lowest BCUT2D eigenvalue weighted by molar-refractivity contribution is 0.117. The van der Waals surface area contributed by atoms with Crippen LogP contribution in [0.4, 0.5) is 0 Å². The summed E-state index contributed by atoms with van der Waals surface area (Å²) in [4.78, 5) is 0. The van der Waals surface area contributed by atoms with Crippen LogP contribution in [0.5, 0.6) is 5.75 Å². The van der Waals surface area contributed by atoms with Gasteiger partial charge in [-0.05, 0) is 57.1 Å². The lowest BCUT2D eigenvalue weighted by Crippen LogP contribution is -2.32. The molecular weight excluding hydrogens is 516 g/mol. The molecule has 6 rings (SSSR count). The van der Waals surface area contributed by atoms with Crippen LogP contribution in [0.3, 0.4) is 0 Å². The lowest BCUT2D eigenvalue weighted by atomic mass is 9.76. The maximum Gasteiger partial charge on any atom is 0.140 e. The van der Waals surface area contributed by atoms with Gasteiger partial charge >= 0.3 is 0 Å². The predicted octanol–water partition coefficient (Wildman–Crippen LogP) is 7.83. The van der Waals surface area contributed by atoms with E-state index in [4.69, 9.17) is 4.74 Å². The second kappa shape index (κ2) is 11.9. The van der Waals surface area contributed by atoms with Crippen LogP contribution in [0.1, 0.15) is 38.9 Å². The maximum absolute atomic E-state index is 12.7. The average molecular weight is 549 g/mol. The van der Waals surface area contributed by atoms with Gasteiger partial charge in [0.05, 0.1) is 0 Å². The van der Waals surface area contributed by atoms with E-state index in [-0.39, 0.29) is 0 Å². The summed E-state index contributed by atoms with van der Waals surface area (Å²) in [6.45, 7) is 0.341. The molecule has 0 atom stereocenters. The van der Waals surface area contributed by atoms with Gasteiger partial charge in [-0.15, -0.1) is 0 Å². The van der Waals surface area contributed by atoms with Gasteiger partial charge < -0.3 is 14.9 Å². The summed E-state index contributed by atoms with van der Waals surface area (Å²) in [5.41, 5.74) is 2.02. The Kier molecular flexibility index (Phi) is 7.70. The molecule has 3 heteroatoms. The van der Waals surface area contributed by atoms with Crippen molar-refractivity contribution < 1.29 is 14.9 Å². The molecule has 0 amide bonds. The topological polar surface area (TPSA) is 49.7 Å². The highest BCUT2D eigenvalue weighted by molar-refractivity contribution is 5.55. The van der Waals surface area contributed by atoms with E-state index >= 15 is 0 Å². The maximum atomic E-state index is 12.7. The molecule has 2 N–H and O–H groups in total.